The first-order valence-corrected chi connectivity index (χ1v) is 15.0. The summed E-state index contributed by atoms with van der Waals surface area (Å²) >= 11 is 0. The average molecular weight is 589 g/mol. The second kappa shape index (κ2) is 13.4. The number of imidazole rings is 1. The molecule has 228 valence electrons. The molecule has 4 aromatic rings. The maximum atomic E-state index is 13.2. The Morgan fingerprint density at radius 3 is 2.51 bits per heavy atom. The third kappa shape index (κ3) is 6.76. The Bertz CT molecular complexity index is 1580. The average Bonchev–Trinajstić information content (AvgIpc) is 3.61. The molecule has 2 aromatic carbocycles. The number of hydrogen-bond acceptors (Lipinski definition) is 7. The molecule has 1 unspecified atom stereocenters. The molecule has 2 saturated heterocycles. The Morgan fingerprint density at radius 2 is 1.81 bits per heavy atom. The van der Waals surface area contributed by atoms with Crippen LogP contribution < -0.4 is 4.74 Å². The molecule has 0 aliphatic carbocycles. The Morgan fingerprint density at radius 1 is 1.05 bits per heavy atom. The minimum Gasteiger partial charge on any atom is -0.485 e. The van der Waals surface area contributed by atoms with Crippen LogP contribution >= 0.6 is 0 Å². The van der Waals surface area contributed by atoms with Crippen LogP contribution in [0.1, 0.15) is 63.9 Å². The summed E-state index contributed by atoms with van der Waals surface area (Å²) in [6.45, 7) is 12.8. The van der Waals surface area contributed by atoms with Crippen molar-refractivity contribution >= 4 is 22.9 Å². The normalized spacial score (nSPS) is 16.8. The van der Waals surface area contributed by atoms with Gasteiger partial charge in [0.05, 0.1) is 35.8 Å². The Labute approximate surface area is 251 Å². The number of carboxylic acids is 1. The van der Waals surface area contributed by atoms with E-state index < -0.39 is 5.97 Å². The lowest BCUT2D eigenvalue weighted by atomic mass is 10.1. The van der Waals surface area contributed by atoms with Crippen molar-refractivity contribution in [3.05, 3.63) is 82.6 Å². The number of aromatic nitrogens is 2. The van der Waals surface area contributed by atoms with Crippen LogP contribution in [-0.2, 0) is 24.4 Å². The summed E-state index contributed by atoms with van der Waals surface area (Å²) in [5.41, 5.74) is 4.07. The molecule has 2 fully saturated rings. The summed E-state index contributed by atoms with van der Waals surface area (Å²) in [7, 11) is 0. The van der Waals surface area contributed by atoms with E-state index in [9.17, 15) is 14.7 Å². The van der Waals surface area contributed by atoms with Crippen LogP contribution in [0.5, 0.6) is 5.75 Å². The minimum atomic E-state index is -0.959. The lowest BCUT2D eigenvalue weighted by Gasteiger charge is -2.34. The number of hydrogen-bond donors (Lipinski definition) is 1. The third-order valence-electron chi connectivity index (χ3n) is 8.08. The largest absolute Gasteiger partial charge is 0.485 e. The number of carboxylic acid groups (broad SMARTS) is 1. The topological polar surface area (TPSA) is 110 Å². The number of carbonyl (C=O) groups excluding carboxylic acids is 1. The maximum Gasteiger partial charge on any atom is 0.335 e. The first-order chi connectivity index (χ1) is 20.9. The first kappa shape index (κ1) is 30.3. The van der Waals surface area contributed by atoms with Crippen LogP contribution in [0.25, 0.3) is 11.0 Å². The summed E-state index contributed by atoms with van der Waals surface area (Å²) in [5, 5.41) is 9.48. The van der Waals surface area contributed by atoms with Crippen molar-refractivity contribution in [3.8, 4) is 5.75 Å². The van der Waals surface area contributed by atoms with E-state index in [4.69, 9.17) is 18.9 Å². The van der Waals surface area contributed by atoms with Gasteiger partial charge in [0.1, 0.15) is 23.9 Å². The molecule has 1 N–H and O–H groups in total. The van der Waals surface area contributed by atoms with Gasteiger partial charge in [-0.2, -0.15) is 0 Å². The number of piperazine rings is 1. The highest BCUT2D eigenvalue weighted by Crippen LogP contribution is 2.25. The number of fused-ring (bicyclic) bond motifs is 1. The van der Waals surface area contributed by atoms with Gasteiger partial charge in [-0.15, -0.1) is 0 Å². The van der Waals surface area contributed by atoms with Crippen molar-refractivity contribution in [1.82, 2.24) is 19.4 Å². The molecule has 1 atom stereocenters. The third-order valence-corrected chi connectivity index (χ3v) is 8.08. The molecule has 2 aliphatic heterocycles. The fourth-order valence-corrected chi connectivity index (χ4v) is 5.33. The summed E-state index contributed by atoms with van der Waals surface area (Å²) in [6.07, 6.45) is 1.09. The molecule has 10 heteroatoms. The number of amides is 1. The molecule has 10 nitrogen and oxygen atoms in total. The van der Waals surface area contributed by atoms with E-state index in [1.807, 2.05) is 50.8 Å². The number of furan rings is 1. The van der Waals surface area contributed by atoms with Gasteiger partial charge in [-0.05, 0) is 67.8 Å². The molecule has 4 heterocycles. The van der Waals surface area contributed by atoms with Crippen LogP contribution in [0.15, 0.2) is 52.9 Å². The van der Waals surface area contributed by atoms with Gasteiger partial charge >= 0.3 is 5.97 Å². The fraction of sp³-hybridized carbons (Fsp3) is 0.424. The first-order valence-electron chi connectivity index (χ1n) is 15.0. The van der Waals surface area contributed by atoms with E-state index in [-0.39, 0.29) is 24.2 Å². The molecule has 1 amide bonds. The van der Waals surface area contributed by atoms with Crippen molar-refractivity contribution in [2.24, 2.45) is 0 Å². The number of ether oxygens (including phenoxy) is 2. The standard InChI is InChI=1S/C31H34N4O6.C2H6/c1-20-4-3-5-27(21(20)2)40-19-24-7-9-28(41-24)30(36)34-13-11-33(12-14-34)18-29-32-25-8-6-22(31(37)38)16-26(25)35(29)17-23-10-15-39-23;1-2/h3-9,16,23H,10-15,17-19H2,1-2H3,(H,37,38);1-2H3. The molecule has 2 aromatic heterocycles. The SMILES string of the molecule is CC.Cc1cccc(OCc2ccc(C(=O)N3CCN(Cc4nc5ccc(C(=O)O)cc5n4CC4CCO4)CC3)o2)c1C. The highest BCUT2D eigenvalue weighted by molar-refractivity contribution is 5.92. The Hall–Kier alpha value is -4.15. The lowest BCUT2D eigenvalue weighted by Crippen LogP contribution is -2.48. The van der Waals surface area contributed by atoms with Gasteiger partial charge in [0.2, 0.25) is 0 Å². The van der Waals surface area contributed by atoms with Gasteiger partial charge in [0, 0.05) is 32.8 Å². The van der Waals surface area contributed by atoms with E-state index in [0.717, 1.165) is 46.8 Å². The van der Waals surface area contributed by atoms with E-state index in [1.165, 1.54) is 0 Å². The highest BCUT2D eigenvalue weighted by atomic mass is 16.5. The predicted octanol–water partition coefficient (Wildman–Crippen LogP) is 5.30. The number of aryl methyl sites for hydroxylation is 1. The van der Waals surface area contributed by atoms with Crippen molar-refractivity contribution in [3.63, 3.8) is 0 Å². The number of benzene rings is 2. The summed E-state index contributed by atoms with van der Waals surface area (Å²) in [5.74, 6) is 1.51. The van der Waals surface area contributed by atoms with Gasteiger partial charge in [-0.1, -0.05) is 26.0 Å². The van der Waals surface area contributed by atoms with Gasteiger partial charge in [-0.25, -0.2) is 9.78 Å². The molecule has 43 heavy (non-hydrogen) atoms. The number of aromatic carboxylic acids is 1. The Kier molecular flexibility index (Phi) is 9.47. The predicted molar refractivity (Wildman–Crippen MR) is 163 cm³/mol. The maximum absolute atomic E-state index is 13.2. The van der Waals surface area contributed by atoms with Gasteiger partial charge < -0.3 is 28.5 Å². The molecular formula is C33H40N4O6. The van der Waals surface area contributed by atoms with Gasteiger partial charge in [-0.3, -0.25) is 9.69 Å². The van der Waals surface area contributed by atoms with Crippen molar-refractivity contribution in [1.29, 1.82) is 0 Å². The zero-order valence-corrected chi connectivity index (χ0v) is 25.3. The highest BCUT2D eigenvalue weighted by Gasteiger charge is 2.27. The van der Waals surface area contributed by atoms with E-state index in [0.29, 0.717) is 50.8 Å². The second-order valence-electron chi connectivity index (χ2n) is 10.7. The van der Waals surface area contributed by atoms with Crippen molar-refractivity contribution < 1.29 is 28.6 Å². The molecule has 0 spiro atoms. The molecule has 0 bridgehead atoms. The number of nitrogens with zero attached hydrogens (tertiary/aromatic N) is 4. The van der Waals surface area contributed by atoms with Crippen LogP contribution in [0.4, 0.5) is 0 Å². The van der Waals surface area contributed by atoms with Crippen molar-refractivity contribution in [2.45, 2.75) is 59.9 Å². The fourth-order valence-electron chi connectivity index (χ4n) is 5.33. The minimum absolute atomic E-state index is 0.110. The molecule has 0 saturated carbocycles. The van der Waals surface area contributed by atoms with Crippen LogP contribution in [-0.4, -0.2) is 75.2 Å². The summed E-state index contributed by atoms with van der Waals surface area (Å²) < 4.78 is 19.5. The van der Waals surface area contributed by atoms with Crippen LogP contribution in [0.3, 0.4) is 0 Å². The monoisotopic (exact) mass is 588 g/mol. The van der Waals surface area contributed by atoms with E-state index >= 15 is 0 Å². The molecular weight excluding hydrogens is 548 g/mol. The van der Waals surface area contributed by atoms with Crippen LogP contribution in [0, 0.1) is 13.8 Å². The molecule has 0 radical (unpaired) electrons. The van der Waals surface area contributed by atoms with Gasteiger partial charge in [0.15, 0.2) is 5.76 Å². The number of carbonyl (C=O) groups is 2. The molecule has 2 aliphatic rings. The van der Waals surface area contributed by atoms with E-state index in [2.05, 4.69) is 9.47 Å². The van der Waals surface area contributed by atoms with Crippen LogP contribution in [0.2, 0.25) is 0 Å². The Balaban J connectivity index is 0.00000180. The lowest BCUT2D eigenvalue weighted by molar-refractivity contribution is -0.0592. The number of rotatable bonds is 9. The van der Waals surface area contributed by atoms with E-state index in [1.54, 1.807) is 30.3 Å². The zero-order valence-electron chi connectivity index (χ0n) is 25.3. The second-order valence-corrected chi connectivity index (χ2v) is 10.7. The smallest absolute Gasteiger partial charge is 0.335 e. The van der Waals surface area contributed by atoms with Gasteiger partial charge in [0.25, 0.3) is 5.91 Å². The van der Waals surface area contributed by atoms with Crippen molar-refractivity contribution in [2.75, 3.05) is 32.8 Å². The zero-order chi connectivity index (χ0) is 30.5. The summed E-state index contributed by atoms with van der Waals surface area (Å²) in [4.78, 5) is 33.7. The quantitative estimate of drug-likeness (QED) is 0.281. The molecule has 6 rings (SSSR count). The summed E-state index contributed by atoms with van der Waals surface area (Å²) in [6, 6.07) is 14.5.